The summed E-state index contributed by atoms with van der Waals surface area (Å²) in [5, 5.41) is 3.95. The van der Waals surface area contributed by atoms with Crippen LogP contribution in [0.1, 0.15) is 40.5 Å². The van der Waals surface area contributed by atoms with Crippen molar-refractivity contribution in [1.29, 1.82) is 0 Å². The highest BCUT2D eigenvalue weighted by atomic mass is 32.3. The molecule has 1 aromatic heterocycles. The van der Waals surface area contributed by atoms with Gasteiger partial charge in [-0.1, -0.05) is 6.92 Å². The lowest BCUT2D eigenvalue weighted by atomic mass is 10.2. The monoisotopic (exact) mass is 382 g/mol. The van der Waals surface area contributed by atoms with Gasteiger partial charge in [-0.2, -0.15) is 27.9 Å². The number of carbonyl (C=O) groups is 1. The van der Waals surface area contributed by atoms with Crippen LogP contribution < -0.4 is 4.74 Å². The molecule has 0 saturated heterocycles. The van der Waals surface area contributed by atoms with Crippen molar-refractivity contribution < 1.29 is 27.4 Å². The molecular weight excluding hydrogens is 357 g/mol. The minimum absolute atomic E-state index is 0.0334. The molecule has 0 N–H and O–H groups in total. The molecule has 1 unspecified atom stereocenters. The highest BCUT2D eigenvalue weighted by Crippen LogP contribution is 2.73. The van der Waals surface area contributed by atoms with E-state index in [1.165, 1.54) is 12.3 Å². The van der Waals surface area contributed by atoms with Crippen LogP contribution in [0.25, 0.3) is 0 Å². The molecule has 9 heteroatoms. The molecule has 1 aliphatic rings. The number of hydrogen-bond donors (Lipinski definition) is 0. The Morgan fingerprint density at radius 3 is 2.40 bits per heavy atom. The average Bonchev–Trinajstić information content (AvgIpc) is 3.17. The molecule has 0 amide bonds. The molecule has 25 heavy (non-hydrogen) atoms. The van der Waals surface area contributed by atoms with E-state index in [0.29, 0.717) is 5.75 Å². The van der Waals surface area contributed by atoms with Crippen molar-refractivity contribution in [2.24, 2.45) is 0 Å². The van der Waals surface area contributed by atoms with Gasteiger partial charge in [0.05, 0.1) is 4.75 Å². The van der Waals surface area contributed by atoms with Crippen LogP contribution in [0.5, 0.6) is 5.88 Å². The van der Waals surface area contributed by atoms with Gasteiger partial charge >= 0.3 is 12.3 Å². The third-order valence-electron chi connectivity index (χ3n) is 4.41. The Bertz CT molecular complexity index is 635. The summed E-state index contributed by atoms with van der Waals surface area (Å²) >= 11 is 0. The summed E-state index contributed by atoms with van der Waals surface area (Å²) in [6.07, 6.45) is -1.51. The first-order valence-corrected chi connectivity index (χ1v) is 10.4. The summed E-state index contributed by atoms with van der Waals surface area (Å²) in [7, 11) is -2.05. The van der Waals surface area contributed by atoms with Crippen molar-refractivity contribution in [3.8, 4) is 5.88 Å². The van der Waals surface area contributed by atoms with Gasteiger partial charge in [-0.05, 0) is 45.6 Å². The van der Waals surface area contributed by atoms with Gasteiger partial charge in [0.15, 0.2) is 0 Å². The van der Waals surface area contributed by atoms with Crippen LogP contribution in [0.4, 0.5) is 18.0 Å². The first-order valence-electron chi connectivity index (χ1n) is 8.05. The molecule has 0 aliphatic heterocycles. The van der Waals surface area contributed by atoms with E-state index in [0.717, 1.165) is 4.68 Å². The van der Waals surface area contributed by atoms with Crippen molar-refractivity contribution in [3.05, 3.63) is 12.3 Å². The Morgan fingerprint density at radius 2 is 1.96 bits per heavy atom. The SMILES string of the molecule is CCS(C)(COc1ccn(C(=O)OC(C)(C)C)n1)C1(C(F)(F)F)CC1. The Kier molecular flexibility index (Phi) is 5.11. The molecule has 1 fully saturated rings. The van der Waals surface area contributed by atoms with Gasteiger partial charge in [0, 0.05) is 12.3 Å². The van der Waals surface area contributed by atoms with Crippen molar-refractivity contribution in [3.63, 3.8) is 0 Å². The zero-order valence-electron chi connectivity index (χ0n) is 15.1. The smallest absolute Gasteiger partial charge is 0.435 e. The van der Waals surface area contributed by atoms with Crippen LogP contribution in [0.3, 0.4) is 0 Å². The number of alkyl halides is 3. The molecule has 0 bridgehead atoms. The Hall–Kier alpha value is -1.38. The number of nitrogens with zero attached hydrogens (tertiary/aromatic N) is 2. The topological polar surface area (TPSA) is 53.4 Å². The molecule has 1 aromatic rings. The minimum Gasteiger partial charge on any atom is -0.467 e. The molecule has 144 valence electrons. The van der Waals surface area contributed by atoms with Crippen LogP contribution in [0.2, 0.25) is 0 Å². The molecule has 1 heterocycles. The lowest BCUT2D eigenvalue weighted by molar-refractivity contribution is -0.137. The highest BCUT2D eigenvalue weighted by molar-refractivity contribution is 8.34. The standard InChI is InChI=1S/C16H25F3N2O3S/c1-6-25(5,15(8-9-15)16(17,18)19)11-23-12-7-10-21(20-12)13(22)24-14(2,3)4/h7,10H,6,8-9,11H2,1-5H3. The predicted molar refractivity (Wildman–Crippen MR) is 91.4 cm³/mol. The van der Waals surface area contributed by atoms with Gasteiger partial charge in [-0.25, -0.2) is 4.79 Å². The van der Waals surface area contributed by atoms with E-state index >= 15 is 0 Å². The van der Waals surface area contributed by atoms with E-state index < -0.39 is 32.6 Å². The fourth-order valence-electron chi connectivity index (χ4n) is 2.63. The minimum atomic E-state index is -4.22. The van der Waals surface area contributed by atoms with Gasteiger partial charge < -0.3 is 9.47 Å². The molecule has 0 aromatic carbocycles. The lowest BCUT2D eigenvalue weighted by Gasteiger charge is -2.43. The van der Waals surface area contributed by atoms with Gasteiger partial charge in [-0.15, -0.1) is 5.10 Å². The zero-order valence-corrected chi connectivity index (χ0v) is 16.0. The highest BCUT2D eigenvalue weighted by Gasteiger charge is 2.69. The van der Waals surface area contributed by atoms with Gasteiger partial charge in [-0.3, -0.25) is 0 Å². The van der Waals surface area contributed by atoms with Gasteiger partial charge in [0.25, 0.3) is 0 Å². The van der Waals surface area contributed by atoms with Crippen molar-refractivity contribution >= 4 is 16.1 Å². The van der Waals surface area contributed by atoms with E-state index in [2.05, 4.69) is 5.10 Å². The first-order chi connectivity index (χ1) is 11.3. The summed E-state index contributed by atoms with van der Waals surface area (Å²) < 4.78 is 50.5. The number of halogens is 3. The van der Waals surface area contributed by atoms with Crippen LogP contribution >= 0.6 is 10.0 Å². The number of hydrogen-bond acceptors (Lipinski definition) is 4. The van der Waals surface area contributed by atoms with E-state index in [1.807, 2.05) is 0 Å². The van der Waals surface area contributed by atoms with Crippen LogP contribution in [-0.4, -0.2) is 50.3 Å². The number of carbonyl (C=O) groups excluding carboxylic acids is 1. The first kappa shape index (κ1) is 19.9. The maximum Gasteiger partial charge on any atom is 0.435 e. The third kappa shape index (κ3) is 4.07. The second-order valence-electron chi connectivity index (χ2n) is 7.40. The predicted octanol–water partition coefficient (Wildman–Crippen LogP) is 4.55. The molecule has 5 nitrogen and oxygen atoms in total. The quantitative estimate of drug-likeness (QED) is 0.750. The summed E-state index contributed by atoms with van der Waals surface area (Å²) in [4.78, 5) is 11.9. The summed E-state index contributed by atoms with van der Waals surface area (Å²) in [6, 6.07) is 1.45. The van der Waals surface area contributed by atoms with E-state index in [1.54, 1.807) is 34.0 Å². The molecule has 0 radical (unpaired) electrons. The maximum absolute atomic E-state index is 13.5. The summed E-state index contributed by atoms with van der Waals surface area (Å²) in [5.74, 6) is 0.504. The Morgan fingerprint density at radius 1 is 1.36 bits per heavy atom. The lowest BCUT2D eigenvalue weighted by Crippen LogP contribution is -2.39. The van der Waals surface area contributed by atoms with Crippen molar-refractivity contribution in [2.75, 3.05) is 17.9 Å². The molecule has 2 rings (SSSR count). The normalized spacial score (nSPS) is 20.5. The fourth-order valence-corrected chi connectivity index (χ4v) is 5.60. The maximum atomic E-state index is 13.5. The average molecular weight is 382 g/mol. The number of ether oxygens (including phenoxy) is 2. The molecular formula is C16H25F3N2O3S. The van der Waals surface area contributed by atoms with Crippen LogP contribution in [-0.2, 0) is 4.74 Å². The second-order valence-corrected chi connectivity index (χ2v) is 11.5. The van der Waals surface area contributed by atoms with E-state index in [-0.39, 0.29) is 24.7 Å². The fraction of sp³-hybridized carbons (Fsp3) is 0.750. The Balaban J connectivity index is 2.05. The summed E-state index contributed by atoms with van der Waals surface area (Å²) in [6.45, 7) is 6.96. The van der Waals surface area contributed by atoms with E-state index in [4.69, 9.17) is 9.47 Å². The summed E-state index contributed by atoms with van der Waals surface area (Å²) in [5.41, 5.74) is -0.667. The van der Waals surface area contributed by atoms with Crippen LogP contribution in [0, 0.1) is 0 Å². The van der Waals surface area contributed by atoms with Crippen molar-refractivity contribution in [2.45, 2.75) is 57.1 Å². The molecule has 0 spiro atoms. The second kappa shape index (κ2) is 6.41. The van der Waals surface area contributed by atoms with E-state index in [9.17, 15) is 18.0 Å². The van der Waals surface area contributed by atoms with Crippen LogP contribution in [0.15, 0.2) is 12.3 Å². The zero-order chi connectivity index (χ0) is 19.1. The Labute approximate surface area is 147 Å². The number of rotatable bonds is 5. The van der Waals surface area contributed by atoms with Gasteiger partial charge in [0.2, 0.25) is 5.88 Å². The molecule has 1 aliphatic carbocycles. The van der Waals surface area contributed by atoms with Crippen molar-refractivity contribution in [1.82, 2.24) is 9.78 Å². The van der Waals surface area contributed by atoms with Gasteiger partial charge in [0.1, 0.15) is 11.5 Å². The largest absolute Gasteiger partial charge is 0.467 e. The molecule has 1 atom stereocenters. The number of aromatic nitrogens is 2. The molecule has 1 saturated carbocycles. The third-order valence-corrected chi connectivity index (χ3v) is 8.85.